The summed E-state index contributed by atoms with van der Waals surface area (Å²) in [5, 5.41) is 13.7. The van der Waals surface area contributed by atoms with Crippen LogP contribution >= 0.6 is 0 Å². The predicted molar refractivity (Wildman–Crippen MR) is 69.5 cm³/mol. The monoisotopic (exact) mass is 261 g/mol. The topological polar surface area (TPSA) is 68.1 Å². The molecule has 19 heavy (non-hydrogen) atoms. The lowest BCUT2D eigenvalue weighted by Crippen LogP contribution is -2.07. The van der Waals surface area contributed by atoms with Gasteiger partial charge in [-0.3, -0.25) is 15.1 Å². The first-order valence-electron chi connectivity index (χ1n) is 5.73. The zero-order chi connectivity index (χ0) is 13.7. The average molecular weight is 261 g/mol. The summed E-state index contributed by atoms with van der Waals surface area (Å²) in [5.74, 6) is -0.619. The van der Waals surface area contributed by atoms with E-state index in [1.54, 1.807) is 12.4 Å². The maximum absolute atomic E-state index is 13.0. The Balaban J connectivity index is 2.02. The van der Waals surface area contributed by atoms with Crippen molar-refractivity contribution < 1.29 is 9.31 Å². The summed E-state index contributed by atoms with van der Waals surface area (Å²) < 4.78 is 13.0. The first kappa shape index (κ1) is 12.9. The molecule has 0 spiro atoms. The molecule has 0 aliphatic carbocycles. The lowest BCUT2D eigenvalue weighted by Gasteiger charge is -2.07. The van der Waals surface area contributed by atoms with Crippen LogP contribution in [-0.4, -0.2) is 16.5 Å². The summed E-state index contributed by atoms with van der Waals surface area (Å²) in [6.45, 7) is 0.524. The van der Waals surface area contributed by atoms with Crippen LogP contribution in [0.25, 0.3) is 0 Å². The van der Waals surface area contributed by atoms with Crippen LogP contribution in [0, 0.1) is 15.9 Å². The van der Waals surface area contributed by atoms with Crippen LogP contribution in [0.5, 0.6) is 0 Å². The van der Waals surface area contributed by atoms with E-state index in [9.17, 15) is 14.5 Å². The number of pyridine rings is 1. The molecule has 0 saturated carbocycles. The minimum Gasteiger partial charge on any atom is -0.379 e. The van der Waals surface area contributed by atoms with Crippen molar-refractivity contribution in [3.05, 3.63) is 64.2 Å². The summed E-state index contributed by atoms with van der Waals surface area (Å²) in [7, 11) is 0. The van der Waals surface area contributed by atoms with Gasteiger partial charge in [-0.05, 0) is 36.2 Å². The van der Waals surface area contributed by atoms with Gasteiger partial charge in [-0.25, -0.2) is 4.39 Å². The molecule has 0 amide bonds. The molecule has 0 fully saturated rings. The molecule has 0 atom stereocenters. The predicted octanol–water partition coefficient (Wildman–Crippen LogP) is 2.78. The Morgan fingerprint density at radius 3 is 2.68 bits per heavy atom. The smallest absolute Gasteiger partial charge is 0.295 e. The zero-order valence-electron chi connectivity index (χ0n) is 10.0. The molecule has 1 N–H and O–H groups in total. The molecule has 5 nitrogen and oxygen atoms in total. The number of nitrogens with one attached hydrogen (secondary N) is 1. The van der Waals surface area contributed by atoms with Crippen LogP contribution < -0.4 is 5.32 Å². The highest BCUT2D eigenvalue weighted by atomic mass is 19.1. The summed E-state index contributed by atoms with van der Waals surface area (Å²) in [4.78, 5) is 14.1. The third-order valence-electron chi connectivity index (χ3n) is 2.63. The molecule has 0 aliphatic heterocycles. The molecule has 0 bridgehead atoms. The number of nitro groups is 1. The molecule has 0 aliphatic rings. The van der Waals surface area contributed by atoms with Crippen molar-refractivity contribution in [2.24, 2.45) is 0 Å². The van der Waals surface area contributed by atoms with Gasteiger partial charge in [0.05, 0.1) is 11.0 Å². The molecule has 0 saturated heterocycles. The fourth-order valence-corrected chi connectivity index (χ4v) is 1.70. The molecule has 1 aromatic carbocycles. The quantitative estimate of drug-likeness (QED) is 0.663. The maximum atomic E-state index is 13.0. The highest BCUT2D eigenvalue weighted by Crippen LogP contribution is 2.24. The SMILES string of the molecule is O=[N+]([O-])c1cc(F)ccc1NCCc1ccncc1. The van der Waals surface area contributed by atoms with E-state index in [-0.39, 0.29) is 5.69 Å². The number of halogens is 1. The van der Waals surface area contributed by atoms with Crippen molar-refractivity contribution >= 4 is 11.4 Å². The third kappa shape index (κ3) is 3.48. The first-order valence-corrected chi connectivity index (χ1v) is 5.73. The molecule has 98 valence electrons. The average Bonchev–Trinajstić information content (AvgIpc) is 2.41. The molecule has 1 aromatic heterocycles. The van der Waals surface area contributed by atoms with Gasteiger partial charge in [0.15, 0.2) is 0 Å². The largest absolute Gasteiger partial charge is 0.379 e. The van der Waals surface area contributed by atoms with Crippen LogP contribution in [-0.2, 0) is 6.42 Å². The summed E-state index contributed by atoms with van der Waals surface area (Å²) in [5.41, 5.74) is 1.14. The lowest BCUT2D eigenvalue weighted by molar-refractivity contribution is -0.384. The van der Waals surface area contributed by atoms with Gasteiger partial charge in [0.25, 0.3) is 5.69 Å². The Bertz CT molecular complexity index is 575. The van der Waals surface area contributed by atoms with Gasteiger partial charge in [-0.1, -0.05) is 0 Å². The van der Waals surface area contributed by atoms with E-state index in [1.165, 1.54) is 12.1 Å². The number of nitrogens with zero attached hydrogens (tertiary/aromatic N) is 2. The van der Waals surface area contributed by atoms with E-state index in [2.05, 4.69) is 10.3 Å². The number of nitro benzene ring substituents is 1. The van der Waals surface area contributed by atoms with Crippen molar-refractivity contribution in [1.29, 1.82) is 0 Å². The second-order valence-electron chi connectivity index (χ2n) is 3.95. The van der Waals surface area contributed by atoms with Crippen LogP contribution in [0.4, 0.5) is 15.8 Å². The Labute approximate surface area is 109 Å². The maximum Gasteiger partial charge on any atom is 0.295 e. The lowest BCUT2D eigenvalue weighted by atomic mass is 10.2. The van der Waals surface area contributed by atoms with E-state index >= 15 is 0 Å². The molecular formula is C13H12FN3O2. The molecular weight excluding hydrogens is 249 g/mol. The number of hydrogen-bond donors (Lipinski definition) is 1. The van der Waals surface area contributed by atoms with Gasteiger partial charge >= 0.3 is 0 Å². The minimum absolute atomic E-state index is 0.255. The highest BCUT2D eigenvalue weighted by molar-refractivity contribution is 5.61. The molecule has 2 rings (SSSR count). The van der Waals surface area contributed by atoms with Crippen LogP contribution in [0.1, 0.15) is 5.56 Å². The van der Waals surface area contributed by atoms with Crippen molar-refractivity contribution in [2.75, 3.05) is 11.9 Å². The fourth-order valence-electron chi connectivity index (χ4n) is 1.70. The molecule has 0 unspecified atom stereocenters. The second-order valence-corrected chi connectivity index (χ2v) is 3.95. The number of benzene rings is 1. The van der Waals surface area contributed by atoms with Crippen LogP contribution in [0.2, 0.25) is 0 Å². The zero-order valence-corrected chi connectivity index (χ0v) is 10.0. The fraction of sp³-hybridized carbons (Fsp3) is 0.154. The normalized spacial score (nSPS) is 10.2. The first-order chi connectivity index (χ1) is 9.16. The highest BCUT2D eigenvalue weighted by Gasteiger charge is 2.14. The summed E-state index contributed by atoms with van der Waals surface area (Å²) in [6.07, 6.45) is 4.09. The summed E-state index contributed by atoms with van der Waals surface area (Å²) in [6, 6.07) is 7.23. The Morgan fingerprint density at radius 1 is 1.26 bits per heavy atom. The van der Waals surface area contributed by atoms with Gasteiger partial charge in [0.1, 0.15) is 11.5 Å². The molecule has 1 heterocycles. The molecule has 6 heteroatoms. The molecule has 0 radical (unpaired) electrons. The van der Waals surface area contributed by atoms with Gasteiger partial charge in [-0.2, -0.15) is 0 Å². The number of hydrogen-bond acceptors (Lipinski definition) is 4. The third-order valence-corrected chi connectivity index (χ3v) is 2.63. The van der Waals surface area contributed by atoms with Gasteiger partial charge < -0.3 is 5.32 Å². The summed E-state index contributed by atoms with van der Waals surface area (Å²) >= 11 is 0. The van der Waals surface area contributed by atoms with Gasteiger partial charge in [-0.15, -0.1) is 0 Å². The van der Waals surface area contributed by atoms with Crippen molar-refractivity contribution in [2.45, 2.75) is 6.42 Å². The van der Waals surface area contributed by atoms with Crippen LogP contribution in [0.3, 0.4) is 0 Å². The Kier molecular flexibility index (Phi) is 4.02. The van der Waals surface area contributed by atoms with E-state index in [4.69, 9.17) is 0 Å². The number of aromatic nitrogens is 1. The Morgan fingerprint density at radius 2 is 2.00 bits per heavy atom. The van der Waals surface area contributed by atoms with E-state index < -0.39 is 10.7 Å². The van der Waals surface area contributed by atoms with Gasteiger partial charge in [0.2, 0.25) is 0 Å². The second kappa shape index (κ2) is 5.90. The standard InChI is InChI=1S/C13H12FN3O2/c14-11-1-2-12(13(9-11)17(18)19)16-8-5-10-3-6-15-7-4-10/h1-4,6-7,9,16H,5,8H2. The van der Waals surface area contributed by atoms with Crippen molar-refractivity contribution in [1.82, 2.24) is 4.98 Å². The van der Waals surface area contributed by atoms with Crippen molar-refractivity contribution in [3.8, 4) is 0 Å². The number of anilines is 1. The van der Waals surface area contributed by atoms with E-state index in [0.29, 0.717) is 18.7 Å². The van der Waals surface area contributed by atoms with Crippen molar-refractivity contribution in [3.63, 3.8) is 0 Å². The Hall–Kier alpha value is -2.50. The molecule has 2 aromatic rings. The van der Waals surface area contributed by atoms with E-state index in [1.807, 2.05) is 12.1 Å². The van der Waals surface area contributed by atoms with Gasteiger partial charge in [0, 0.05) is 18.9 Å². The van der Waals surface area contributed by atoms with E-state index in [0.717, 1.165) is 11.6 Å². The van der Waals surface area contributed by atoms with Crippen LogP contribution in [0.15, 0.2) is 42.7 Å². The number of rotatable bonds is 5. The minimum atomic E-state index is -0.619.